The van der Waals surface area contributed by atoms with Crippen LogP contribution in [0, 0.1) is 0 Å². The molecule has 0 bridgehead atoms. The molecule has 25 heavy (non-hydrogen) atoms. The van der Waals surface area contributed by atoms with Crippen molar-refractivity contribution in [3.63, 3.8) is 0 Å². The second-order valence-electron chi connectivity index (χ2n) is 5.93. The van der Waals surface area contributed by atoms with Crippen molar-refractivity contribution >= 4 is 29.3 Å². The maximum absolute atomic E-state index is 12.5. The fraction of sp³-hybridized carbons (Fsp3) is 0.444. The van der Waals surface area contributed by atoms with Crippen molar-refractivity contribution < 1.29 is 19.1 Å². The van der Waals surface area contributed by atoms with Crippen molar-refractivity contribution in [2.75, 3.05) is 30.8 Å². The molecule has 0 aliphatic carbocycles. The van der Waals surface area contributed by atoms with Gasteiger partial charge in [-0.2, -0.15) is 0 Å². The van der Waals surface area contributed by atoms with Gasteiger partial charge in [-0.15, -0.1) is 11.8 Å². The number of ether oxygens (including phenoxy) is 2. The molecule has 2 N–H and O–H groups in total. The van der Waals surface area contributed by atoms with E-state index in [1.165, 1.54) is 11.8 Å². The highest BCUT2D eigenvalue weighted by molar-refractivity contribution is 8.04. The average molecular weight is 362 g/mol. The van der Waals surface area contributed by atoms with Gasteiger partial charge in [-0.25, -0.2) is 0 Å². The number of nitrogens with one attached hydrogen (secondary N) is 2. The molecule has 0 radical (unpaired) electrons. The molecule has 0 saturated carbocycles. The Labute approximate surface area is 151 Å². The zero-order chi connectivity index (χ0) is 17.6. The first-order chi connectivity index (χ1) is 12.1. The predicted molar refractivity (Wildman–Crippen MR) is 97.5 cm³/mol. The summed E-state index contributed by atoms with van der Waals surface area (Å²) >= 11 is 1.47. The SMILES string of the molecule is CC1=C(C(=O)Nc2ccccc2C(=O)NCC2CCCO2)SCCO1. The molecule has 3 rings (SSSR count). The molecule has 1 aromatic carbocycles. The molecule has 134 valence electrons. The minimum absolute atomic E-state index is 0.0781. The Morgan fingerprint density at radius 3 is 2.84 bits per heavy atom. The first kappa shape index (κ1) is 17.8. The molecule has 0 aromatic heterocycles. The molecular formula is C18H22N2O4S. The molecule has 2 amide bonds. The number of anilines is 1. The highest BCUT2D eigenvalue weighted by Gasteiger charge is 2.22. The number of carbonyl (C=O) groups excluding carboxylic acids is 2. The Hall–Kier alpha value is -1.99. The molecule has 1 unspecified atom stereocenters. The van der Waals surface area contributed by atoms with Crippen LogP contribution in [0.2, 0.25) is 0 Å². The Balaban J connectivity index is 1.67. The summed E-state index contributed by atoms with van der Waals surface area (Å²) in [4.78, 5) is 25.5. The Kier molecular flexibility index (Phi) is 5.99. The van der Waals surface area contributed by atoms with Gasteiger partial charge in [0.15, 0.2) is 0 Å². The first-order valence-electron chi connectivity index (χ1n) is 8.42. The lowest BCUT2D eigenvalue weighted by Gasteiger charge is -2.18. The van der Waals surface area contributed by atoms with E-state index in [1.54, 1.807) is 31.2 Å². The van der Waals surface area contributed by atoms with Crippen molar-refractivity contribution in [3.05, 3.63) is 40.5 Å². The summed E-state index contributed by atoms with van der Waals surface area (Å²) in [7, 11) is 0. The van der Waals surface area contributed by atoms with Crippen LogP contribution >= 0.6 is 11.8 Å². The van der Waals surface area contributed by atoms with Crippen LogP contribution in [0.1, 0.15) is 30.1 Å². The minimum atomic E-state index is -0.249. The maximum Gasteiger partial charge on any atom is 0.265 e. The van der Waals surface area contributed by atoms with Gasteiger partial charge in [-0.1, -0.05) is 12.1 Å². The number of allylic oxidation sites excluding steroid dienone is 1. The number of carbonyl (C=O) groups is 2. The summed E-state index contributed by atoms with van der Waals surface area (Å²) in [6, 6.07) is 6.99. The van der Waals surface area contributed by atoms with Gasteiger partial charge in [0.1, 0.15) is 10.7 Å². The number of hydrogen-bond donors (Lipinski definition) is 2. The number of hydrogen-bond acceptors (Lipinski definition) is 5. The molecule has 2 aliphatic heterocycles. The van der Waals surface area contributed by atoms with Gasteiger partial charge in [0.2, 0.25) is 0 Å². The highest BCUT2D eigenvalue weighted by atomic mass is 32.2. The Morgan fingerprint density at radius 1 is 1.24 bits per heavy atom. The van der Waals surface area contributed by atoms with Crippen LogP contribution in [0.3, 0.4) is 0 Å². The van der Waals surface area contributed by atoms with Crippen LogP contribution in [0.25, 0.3) is 0 Å². The van der Waals surface area contributed by atoms with Crippen molar-refractivity contribution in [2.45, 2.75) is 25.9 Å². The van der Waals surface area contributed by atoms with E-state index < -0.39 is 0 Å². The molecule has 2 heterocycles. The monoisotopic (exact) mass is 362 g/mol. The molecule has 1 atom stereocenters. The van der Waals surface area contributed by atoms with E-state index in [0.29, 0.717) is 35.1 Å². The van der Waals surface area contributed by atoms with Crippen LogP contribution in [0.4, 0.5) is 5.69 Å². The standard InChI is InChI=1S/C18H22N2O4S/c1-12-16(25-10-9-23-12)18(22)20-15-7-3-2-6-14(15)17(21)19-11-13-5-4-8-24-13/h2-3,6-7,13H,4-5,8-11H2,1H3,(H,19,21)(H,20,22). The molecule has 1 fully saturated rings. The van der Waals surface area contributed by atoms with Crippen LogP contribution in [-0.2, 0) is 14.3 Å². The fourth-order valence-electron chi connectivity index (χ4n) is 2.81. The van der Waals surface area contributed by atoms with Crippen molar-refractivity contribution in [3.8, 4) is 0 Å². The highest BCUT2D eigenvalue weighted by Crippen LogP contribution is 2.27. The van der Waals surface area contributed by atoms with E-state index >= 15 is 0 Å². The molecule has 1 saturated heterocycles. The maximum atomic E-state index is 12.5. The third-order valence-electron chi connectivity index (χ3n) is 4.11. The van der Waals surface area contributed by atoms with Gasteiger partial charge in [0.05, 0.1) is 24.0 Å². The van der Waals surface area contributed by atoms with E-state index in [1.807, 2.05) is 0 Å². The van der Waals surface area contributed by atoms with E-state index in [2.05, 4.69) is 10.6 Å². The zero-order valence-electron chi connectivity index (χ0n) is 14.2. The van der Waals surface area contributed by atoms with Crippen molar-refractivity contribution in [1.82, 2.24) is 5.32 Å². The summed E-state index contributed by atoms with van der Waals surface area (Å²) in [6.07, 6.45) is 2.07. The number of para-hydroxylation sites is 1. The van der Waals surface area contributed by atoms with Gasteiger partial charge in [0.25, 0.3) is 11.8 Å². The number of thioether (sulfide) groups is 1. The van der Waals surface area contributed by atoms with Crippen LogP contribution in [-0.4, -0.2) is 43.4 Å². The fourth-order valence-corrected chi connectivity index (χ4v) is 3.62. The summed E-state index contributed by atoms with van der Waals surface area (Å²) in [5, 5.41) is 5.72. The Bertz CT molecular complexity index is 683. The molecule has 2 aliphatic rings. The van der Waals surface area contributed by atoms with Crippen LogP contribution < -0.4 is 10.6 Å². The van der Waals surface area contributed by atoms with Gasteiger partial charge in [-0.05, 0) is 31.9 Å². The second kappa shape index (κ2) is 8.40. The number of benzene rings is 1. The normalized spacial score (nSPS) is 20.1. The van der Waals surface area contributed by atoms with E-state index in [0.717, 1.165) is 25.2 Å². The number of amides is 2. The molecular weight excluding hydrogens is 340 g/mol. The van der Waals surface area contributed by atoms with Gasteiger partial charge >= 0.3 is 0 Å². The lowest BCUT2D eigenvalue weighted by Crippen LogP contribution is -2.32. The summed E-state index contributed by atoms with van der Waals surface area (Å²) in [5.41, 5.74) is 0.928. The minimum Gasteiger partial charge on any atom is -0.496 e. The molecule has 0 spiro atoms. The average Bonchev–Trinajstić information content (AvgIpc) is 3.14. The van der Waals surface area contributed by atoms with Crippen molar-refractivity contribution in [2.24, 2.45) is 0 Å². The summed E-state index contributed by atoms with van der Waals surface area (Å²) < 4.78 is 10.9. The lowest BCUT2D eigenvalue weighted by molar-refractivity contribution is -0.112. The van der Waals surface area contributed by atoms with Gasteiger partial charge < -0.3 is 20.1 Å². The zero-order valence-corrected chi connectivity index (χ0v) is 15.0. The third kappa shape index (κ3) is 4.55. The van der Waals surface area contributed by atoms with E-state index in [9.17, 15) is 9.59 Å². The van der Waals surface area contributed by atoms with Crippen molar-refractivity contribution in [1.29, 1.82) is 0 Å². The molecule has 7 heteroatoms. The van der Waals surface area contributed by atoms with E-state index in [-0.39, 0.29) is 17.9 Å². The summed E-state index contributed by atoms with van der Waals surface area (Å²) in [6.45, 7) is 3.62. The molecule has 1 aromatic rings. The van der Waals surface area contributed by atoms with Gasteiger partial charge in [-0.3, -0.25) is 9.59 Å². The lowest BCUT2D eigenvalue weighted by atomic mass is 10.1. The van der Waals surface area contributed by atoms with E-state index in [4.69, 9.17) is 9.47 Å². The smallest absolute Gasteiger partial charge is 0.265 e. The third-order valence-corrected chi connectivity index (χ3v) is 5.24. The number of rotatable bonds is 5. The first-order valence-corrected chi connectivity index (χ1v) is 9.40. The largest absolute Gasteiger partial charge is 0.496 e. The Morgan fingerprint density at radius 2 is 2.08 bits per heavy atom. The summed E-state index contributed by atoms with van der Waals surface area (Å²) in [5.74, 6) is 0.893. The van der Waals surface area contributed by atoms with Gasteiger partial charge in [0, 0.05) is 18.9 Å². The quantitative estimate of drug-likeness (QED) is 0.842. The second-order valence-corrected chi connectivity index (χ2v) is 7.03. The van der Waals surface area contributed by atoms with Crippen LogP contribution in [0.5, 0.6) is 0 Å². The topological polar surface area (TPSA) is 76.7 Å². The predicted octanol–water partition coefficient (Wildman–Crippen LogP) is 2.53. The van der Waals surface area contributed by atoms with Crippen LogP contribution in [0.15, 0.2) is 34.9 Å². The molecule has 6 nitrogen and oxygen atoms in total.